The van der Waals surface area contributed by atoms with Gasteiger partial charge in [-0.15, -0.1) is 11.3 Å². The average Bonchev–Trinajstić information content (AvgIpc) is 3.23. The normalized spacial score (nSPS) is 11.1. The van der Waals surface area contributed by atoms with Gasteiger partial charge in [0.25, 0.3) is 0 Å². The monoisotopic (exact) mass is 460 g/mol. The highest BCUT2D eigenvalue weighted by molar-refractivity contribution is 9.10. The second-order valence-electron chi connectivity index (χ2n) is 6.01. The molecule has 0 amide bonds. The lowest BCUT2D eigenvalue weighted by Crippen LogP contribution is -2.03. The zero-order valence-corrected chi connectivity index (χ0v) is 17.4. The molecule has 0 aliphatic heterocycles. The van der Waals surface area contributed by atoms with Gasteiger partial charge in [0.2, 0.25) is 0 Å². The van der Waals surface area contributed by atoms with E-state index in [9.17, 15) is 4.79 Å². The van der Waals surface area contributed by atoms with Gasteiger partial charge >= 0.3 is 5.97 Å². The third-order valence-electron chi connectivity index (χ3n) is 4.10. The van der Waals surface area contributed by atoms with Crippen molar-refractivity contribution in [3.63, 3.8) is 0 Å². The Morgan fingerprint density at radius 2 is 1.89 bits per heavy atom. The number of ether oxygens (including phenoxy) is 1. The molecule has 136 valence electrons. The number of carbonyl (C=O) groups excluding carboxylic acids is 1. The first-order valence-electron chi connectivity index (χ1n) is 8.18. The zero-order chi connectivity index (χ0) is 19.0. The molecule has 0 aliphatic carbocycles. The van der Waals surface area contributed by atoms with Gasteiger partial charge in [0.05, 0.1) is 11.4 Å². The predicted molar refractivity (Wildman–Crippen MR) is 112 cm³/mol. The van der Waals surface area contributed by atoms with Crippen LogP contribution < -0.4 is 0 Å². The van der Waals surface area contributed by atoms with Crippen LogP contribution in [0.1, 0.15) is 20.9 Å². The van der Waals surface area contributed by atoms with E-state index < -0.39 is 0 Å². The highest BCUT2D eigenvalue weighted by atomic mass is 79.9. The molecule has 2 aromatic heterocycles. The summed E-state index contributed by atoms with van der Waals surface area (Å²) in [5, 5.41) is 6.20. The first-order chi connectivity index (χ1) is 13.0. The molecule has 4 nitrogen and oxygen atoms in total. The van der Waals surface area contributed by atoms with Crippen LogP contribution in [-0.2, 0) is 11.3 Å². The lowest BCUT2D eigenvalue weighted by molar-refractivity contribution is 0.0478. The van der Waals surface area contributed by atoms with Crippen molar-refractivity contribution >= 4 is 55.1 Å². The molecule has 0 bridgehead atoms. The number of fused-ring (bicyclic) bond motifs is 1. The van der Waals surface area contributed by atoms with Gasteiger partial charge in [0, 0.05) is 14.9 Å². The Morgan fingerprint density at radius 3 is 2.59 bits per heavy atom. The molecule has 2 aromatic carbocycles. The maximum Gasteiger partial charge on any atom is 0.348 e. The molecule has 27 heavy (non-hydrogen) atoms. The molecule has 0 fully saturated rings. The van der Waals surface area contributed by atoms with Gasteiger partial charge in [-0.1, -0.05) is 39.7 Å². The van der Waals surface area contributed by atoms with Crippen LogP contribution in [0.2, 0.25) is 5.02 Å². The molecule has 7 heteroatoms. The van der Waals surface area contributed by atoms with Crippen LogP contribution >= 0.6 is 38.9 Å². The molecule has 0 radical (unpaired) electrons. The van der Waals surface area contributed by atoms with Gasteiger partial charge < -0.3 is 4.74 Å². The van der Waals surface area contributed by atoms with Crippen molar-refractivity contribution in [2.24, 2.45) is 0 Å². The SMILES string of the molecule is Cc1nn(-c2ccc(Cl)cc2)c2sc(C(=O)OCc3ccc(Br)cc3)cc12. The Balaban J connectivity index is 1.59. The van der Waals surface area contributed by atoms with Crippen molar-refractivity contribution in [1.82, 2.24) is 9.78 Å². The summed E-state index contributed by atoms with van der Waals surface area (Å²) in [6, 6.07) is 17.0. The van der Waals surface area contributed by atoms with E-state index >= 15 is 0 Å². The topological polar surface area (TPSA) is 44.1 Å². The molecule has 4 aromatic rings. The Labute approximate surface area is 173 Å². The number of rotatable bonds is 4. The van der Waals surface area contributed by atoms with E-state index in [0.717, 1.165) is 31.6 Å². The third kappa shape index (κ3) is 3.78. The fourth-order valence-corrected chi connectivity index (χ4v) is 4.17. The van der Waals surface area contributed by atoms with E-state index in [1.165, 1.54) is 11.3 Å². The van der Waals surface area contributed by atoms with Gasteiger partial charge in [-0.3, -0.25) is 0 Å². The zero-order valence-electron chi connectivity index (χ0n) is 14.3. The number of esters is 1. The average molecular weight is 462 g/mol. The Morgan fingerprint density at radius 1 is 1.19 bits per heavy atom. The first kappa shape index (κ1) is 18.2. The summed E-state index contributed by atoms with van der Waals surface area (Å²) < 4.78 is 8.28. The van der Waals surface area contributed by atoms with Crippen LogP contribution in [0.15, 0.2) is 59.1 Å². The summed E-state index contributed by atoms with van der Waals surface area (Å²) in [5.41, 5.74) is 2.70. The molecule has 4 rings (SSSR count). The Hall–Kier alpha value is -2.15. The van der Waals surface area contributed by atoms with Crippen molar-refractivity contribution in [1.29, 1.82) is 0 Å². The van der Waals surface area contributed by atoms with Crippen molar-refractivity contribution < 1.29 is 9.53 Å². The lowest BCUT2D eigenvalue weighted by Gasteiger charge is -2.04. The number of halogens is 2. The highest BCUT2D eigenvalue weighted by Crippen LogP contribution is 2.31. The molecule has 0 atom stereocenters. The van der Waals surface area contributed by atoms with E-state index in [1.54, 1.807) is 0 Å². The van der Waals surface area contributed by atoms with E-state index in [2.05, 4.69) is 21.0 Å². The lowest BCUT2D eigenvalue weighted by atomic mass is 10.2. The van der Waals surface area contributed by atoms with Gasteiger partial charge in [-0.2, -0.15) is 5.10 Å². The van der Waals surface area contributed by atoms with E-state index in [1.807, 2.05) is 66.2 Å². The number of thiophene rings is 1. The second kappa shape index (κ2) is 7.46. The minimum atomic E-state index is -0.332. The van der Waals surface area contributed by atoms with Gasteiger partial charge in [-0.05, 0) is 55.0 Å². The standard InChI is InChI=1S/C20H14BrClN2O2S/c1-12-17-10-18(20(25)26-11-13-2-4-14(21)5-3-13)27-19(17)24(23-12)16-8-6-15(22)7-9-16/h2-10H,11H2,1H3. The molecule has 0 spiro atoms. The number of nitrogens with zero attached hydrogens (tertiary/aromatic N) is 2. The predicted octanol–water partition coefficient (Wildman–Crippen LogP) is 6.17. The molecule has 0 saturated carbocycles. The van der Waals surface area contributed by atoms with E-state index in [0.29, 0.717) is 9.90 Å². The minimum absolute atomic E-state index is 0.239. The van der Waals surface area contributed by atoms with Crippen LogP contribution in [0.4, 0.5) is 0 Å². The van der Waals surface area contributed by atoms with Gasteiger partial charge in [0.1, 0.15) is 16.3 Å². The molecular formula is C20H14BrClN2O2S. The van der Waals surface area contributed by atoms with Gasteiger partial charge in [-0.25, -0.2) is 9.48 Å². The summed E-state index contributed by atoms with van der Waals surface area (Å²) in [4.78, 5) is 14.0. The van der Waals surface area contributed by atoms with Crippen LogP contribution in [-0.4, -0.2) is 15.7 Å². The maximum absolute atomic E-state index is 12.5. The Bertz CT molecular complexity index is 1120. The quantitative estimate of drug-likeness (QED) is 0.341. The third-order valence-corrected chi connectivity index (χ3v) is 5.97. The van der Waals surface area contributed by atoms with E-state index in [4.69, 9.17) is 16.3 Å². The fraction of sp³-hybridized carbons (Fsp3) is 0.100. The number of hydrogen-bond acceptors (Lipinski definition) is 4. The van der Waals surface area contributed by atoms with Crippen LogP contribution in [0.5, 0.6) is 0 Å². The minimum Gasteiger partial charge on any atom is -0.457 e. The van der Waals surface area contributed by atoms with Gasteiger partial charge in [0.15, 0.2) is 0 Å². The molecule has 0 aliphatic rings. The molecular weight excluding hydrogens is 448 g/mol. The van der Waals surface area contributed by atoms with Crippen molar-refractivity contribution in [2.45, 2.75) is 13.5 Å². The second-order valence-corrected chi connectivity index (χ2v) is 8.39. The molecule has 0 saturated heterocycles. The largest absolute Gasteiger partial charge is 0.457 e. The number of aryl methyl sites for hydroxylation is 1. The number of aromatic nitrogens is 2. The van der Waals surface area contributed by atoms with Crippen LogP contribution in [0.3, 0.4) is 0 Å². The molecule has 0 unspecified atom stereocenters. The smallest absolute Gasteiger partial charge is 0.348 e. The summed E-state index contributed by atoms with van der Waals surface area (Å²) in [7, 11) is 0. The van der Waals surface area contributed by atoms with Crippen molar-refractivity contribution in [3.05, 3.63) is 80.2 Å². The van der Waals surface area contributed by atoms with Crippen LogP contribution in [0.25, 0.3) is 15.9 Å². The fourth-order valence-electron chi connectivity index (χ4n) is 2.71. The summed E-state index contributed by atoms with van der Waals surface area (Å²) >= 11 is 10.7. The first-order valence-corrected chi connectivity index (χ1v) is 10.2. The molecule has 0 N–H and O–H groups in total. The molecule has 2 heterocycles. The summed E-state index contributed by atoms with van der Waals surface area (Å²) in [6.07, 6.45) is 0. The number of hydrogen-bond donors (Lipinski definition) is 0. The van der Waals surface area contributed by atoms with E-state index in [-0.39, 0.29) is 12.6 Å². The maximum atomic E-state index is 12.5. The van der Waals surface area contributed by atoms with Crippen molar-refractivity contribution in [2.75, 3.05) is 0 Å². The van der Waals surface area contributed by atoms with Crippen molar-refractivity contribution in [3.8, 4) is 5.69 Å². The summed E-state index contributed by atoms with van der Waals surface area (Å²) in [6.45, 7) is 2.17. The Kier molecular flexibility index (Phi) is 5.04. The summed E-state index contributed by atoms with van der Waals surface area (Å²) in [5.74, 6) is -0.332. The van der Waals surface area contributed by atoms with Crippen LogP contribution in [0, 0.1) is 6.92 Å². The number of carbonyl (C=O) groups is 1. The number of benzene rings is 2. The highest BCUT2D eigenvalue weighted by Gasteiger charge is 2.18.